The van der Waals surface area contributed by atoms with Crippen molar-refractivity contribution in [3.8, 4) is 0 Å². The highest BCUT2D eigenvalue weighted by atomic mass is 32.1. The number of piperidine rings is 1. The topological polar surface area (TPSA) is 79.4 Å². The summed E-state index contributed by atoms with van der Waals surface area (Å²) in [5, 5.41) is 3.16. The first kappa shape index (κ1) is 17.1. The second kappa shape index (κ2) is 7.01. The van der Waals surface area contributed by atoms with Crippen molar-refractivity contribution in [2.75, 3.05) is 11.9 Å². The number of hydrogen-bond donors (Lipinski definition) is 1. The Balaban J connectivity index is 1.75. The monoisotopic (exact) mass is 349 g/mol. The van der Waals surface area contributed by atoms with Crippen LogP contribution >= 0.6 is 11.3 Å². The highest BCUT2D eigenvalue weighted by Crippen LogP contribution is 2.34. The first-order chi connectivity index (χ1) is 11.5. The average Bonchev–Trinajstić information content (AvgIpc) is 2.97. The Morgan fingerprint density at radius 1 is 1.33 bits per heavy atom. The fraction of sp³-hybridized carbons (Fsp3) is 0.647. The lowest BCUT2D eigenvalue weighted by Crippen LogP contribution is -2.46. The van der Waals surface area contributed by atoms with Gasteiger partial charge < -0.3 is 10.2 Å². The lowest BCUT2D eigenvalue weighted by atomic mass is 9.87. The third-order valence-corrected chi connectivity index (χ3v) is 5.88. The molecule has 7 heteroatoms. The van der Waals surface area contributed by atoms with E-state index in [1.807, 2.05) is 4.90 Å². The third-order valence-electron chi connectivity index (χ3n) is 4.82. The molecule has 0 saturated carbocycles. The molecule has 2 atom stereocenters. The Labute approximate surface area is 145 Å². The SMILES string of the molecule is CCC(=O)Nc1nc2c(s1)C(=O)CC(C(=O)N1CCCCC1C)C2. The highest BCUT2D eigenvalue weighted by molar-refractivity contribution is 7.17. The number of amides is 2. The van der Waals surface area contributed by atoms with E-state index in [9.17, 15) is 14.4 Å². The fourth-order valence-electron chi connectivity index (χ4n) is 3.43. The van der Waals surface area contributed by atoms with Gasteiger partial charge in [0.15, 0.2) is 10.9 Å². The van der Waals surface area contributed by atoms with Crippen LogP contribution in [0.25, 0.3) is 0 Å². The van der Waals surface area contributed by atoms with Crippen LogP contribution in [0.3, 0.4) is 0 Å². The second-order valence-corrected chi connectivity index (χ2v) is 7.60. The van der Waals surface area contributed by atoms with Crippen LogP contribution in [0.4, 0.5) is 5.13 Å². The predicted molar refractivity (Wildman–Crippen MR) is 92.2 cm³/mol. The number of hydrogen-bond acceptors (Lipinski definition) is 5. The minimum atomic E-state index is -0.317. The van der Waals surface area contributed by atoms with Crippen LogP contribution < -0.4 is 5.32 Å². The fourth-order valence-corrected chi connectivity index (χ4v) is 4.38. The van der Waals surface area contributed by atoms with Gasteiger partial charge in [-0.2, -0.15) is 0 Å². The third kappa shape index (κ3) is 3.36. The second-order valence-electron chi connectivity index (χ2n) is 6.60. The molecule has 2 aliphatic rings. The van der Waals surface area contributed by atoms with Crippen molar-refractivity contribution in [2.45, 2.75) is 58.4 Å². The summed E-state index contributed by atoms with van der Waals surface area (Å²) in [6, 6.07) is 0.248. The molecular formula is C17H23N3O3S. The van der Waals surface area contributed by atoms with Crippen LogP contribution in [0.1, 0.15) is 61.3 Å². The number of carbonyl (C=O) groups excluding carboxylic acids is 3. The summed E-state index contributed by atoms with van der Waals surface area (Å²) in [6.45, 7) is 4.63. The summed E-state index contributed by atoms with van der Waals surface area (Å²) in [5.41, 5.74) is 0.658. The van der Waals surface area contributed by atoms with E-state index in [4.69, 9.17) is 0 Å². The molecule has 1 N–H and O–H groups in total. The van der Waals surface area contributed by atoms with Crippen molar-refractivity contribution >= 4 is 34.1 Å². The van der Waals surface area contributed by atoms with E-state index in [2.05, 4.69) is 17.2 Å². The molecule has 0 bridgehead atoms. The van der Waals surface area contributed by atoms with E-state index in [1.165, 1.54) is 11.3 Å². The quantitative estimate of drug-likeness (QED) is 0.910. The summed E-state index contributed by atoms with van der Waals surface area (Å²) in [6.07, 6.45) is 4.32. The van der Waals surface area contributed by atoms with Crippen molar-refractivity contribution in [3.63, 3.8) is 0 Å². The number of nitrogens with one attached hydrogen (secondary N) is 1. The van der Waals surface area contributed by atoms with Crippen LogP contribution in [0, 0.1) is 5.92 Å². The standard InChI is InChI=1S/C17H23N3O3S/c1-3-14(22)19-17-18-12-8-11(9-13(21)15(12)24-17)16(23)20-7-5-4-6-10(20)2/h10-11H,3-9H2,1-2H3,(H,18,19,22). The van der Waals surface area contributed by atoms with Gasteiger partial charge in [0.05, 0.1) is 16.5 Å². The van der Waals surface area contributed by atoms with Crippen LogP contribution in [0.2, 0.25) is 0 Å². The maximum Gasteiger partial charge on any atom is 0.226 e. The van der Waals surface area contributed by atoms with Gasteiger partial charge >= 0.3 is 0 Å². The van der Waals surface area contributed by atoms with E-state index in [-0.39, 0.29) is 36.0 Å². The number of aromatic nitrogens is 1. The molecular weight excluding hydrogens is 326 g/mol. The summed E-state index contributed by atoms with van der Waals surface area (Å²) < 4.78 is 0. The molecule has 1 saturated heterocycles. The van der Waals surface area contributed by atoms with Gasteiger partial charge in [-0.3, -0.25) is 14.4 Å². The van der Waals surface area contributed by atoms with Crippen LogP contribution in [0.5, 0.6) is 0 Å². The molecule has 0 spiro atoms. The first-order valence-electron chi connectivity index (χ1n) is 8.62. The predicted octanol–water partition coefficient (Wildman–Crippen LogP) is 2.64. The Morgan fingerprint density at radius 3 is 2.83 bits per heavy atom. The normalized spacial score (nSPS) is 23.8. The smallest absolute Gasteiger partial charge is 0.226 e. The molecule has 2 unspecified atom stereocenters. The van der Waals surface area contributed by atoms with Gasteiger partial charge in [0.2, 0.25) is 11.8 Å². The zero-order valence-electron chi connectivity index (χ0n) is 14.1. The van der Waals surface area contributed by atoms with Gasteiger partial charge in [-0.25, -0.2) is 4.98 Å². The van der Waals surface area contributed by atoms with Crippen molar-refractivity contribution in [3.05, 3.63) is 10.6 Å². The van der Waals surface area contributed by atoms with Gasteiger partial charge in [-0.15, -0.1) is 0 Å². The maximum atomic E-state index is 12.8. The molecule has 0 aromatic carbocycles. The van der Waals surface area contributed by atoms with Gasteiger partial charge in [-0.1, -0.05) is 18.3 Å². The molecule has 1 aliphatic heterocycles. The summed E-state index contributed by atoms with van der Waals surface area (Å²) in [5.74, 6) is -0.396. The Bertz CT molecular complexity index is 670. The van der Waals surface area contributed by atoms with Crippen LogP contribution in [-0.4, -0.2) is 40.1 Å². The number of fused-ring (bicyclic) bond motifs is 1. The lowest BCUT2D eigenvalue weighted by molar-refractivity contribution is -0.139. The summed E-state index contributed by atoms with van der Waals surface area (Å²) in [4.78, 5) is 43.7. The molecule has 130 valence electrons. The zero-order chi connectivity index (χ0) is 17.3. The number of anilines is 1. The van der Waals surface area contributed by atoms with Crippen LogP contribution in [0.15, 0.2) is 0 Å². The molecule has 2 heterocycles. The molecule has 24 heavy (non-hydrogen) atoms. The van der Waals surface area contributed by atoms with Crippen molar-refractivity contribution in [1.29, 1.82) is 0 Å². The van der Waals surface area contributed by atoms with Crippen molar-refractivity contribution in [2.24, 2.45) is 5.92 Å². The van der Waals surface area contributed by atoms with E-state index in [0.29, 0.717) is 28.5 Å². The van der Waals surface area contributed by atoms with E-state index >= 15 is 0 Å². The number of likely N-dealkylation sites (tertiary alicyclic amines) is 1. The molecule has 1 fully saturated rings. The summed E-state index contributed by atoms with van der Waals surface area (Å²) in [7, 11) is 0. The Morgan fingerprint density at radius 2 is 2.12 bits per heavy atom. The number of ketones is 1. The molecule has 1 aromatic heterocycles. The summed E-state index contributed by atoms with van der Waals surface area (Å²) >= 11 is 1.22. The molecule has 1 aliphatic carbocycles. The average molecular weight is 349 g/mol. The van der Waals surface area contributed by atoms with E-state index in [0.717, 1.165) is 25.8 Å². The van der Waals surface area contributed by atoms with Gasteiger partial charge in [-0.05, 0) is 26.2 Å². The molecule has 1 aromatic rings. The van der Waals surface area contributed by atoms with Gasteiger partial charge in [0.1, 0.15) is 0 Å². The minimum absolute atomic E-state index is 0.0336. The molecule has 3 rings (SSSR count). The van der Waals surface area contributed by atoms with E-state index < -0.39 is 0 Å². The first-order valence-corrected chi connectivity index (χ1v) is 9.44. The van der Waals surface area contributed by atoms with Crippen molar-refractivity contribution in [1.82, 2.24) is 9.88 Å². The Hall–Kier alpha value is -1.76. The van der Waals surface area contributed by atoms with Crippen LogP contribution in [-0.2, 0) is 16.0 Å². The number of rotatable bonds is 3. The molecule has 6 nitrogen and oxygen atoms in total. The molecule has 0 radical (unpaired) electrons. The Kier molecular flexibility index (Phi) is 4.99. The number of Topliss-reactive ketones (excluding diaryl/α,β-unsaturated/α-hetero) is 1. The number of nitrogens with zero attached hydrogens (tertiary/aromatic N) is 2. The maximum absolute atomic E-state index is 12.8. The number of carbonyl (C=O) groups is 3. The highest BCUT2D eigenvalue weighted by Gasteiger charge is 2.36. The van der Waals surface area contributed by atoms with E-state index in [1.54, 1.807) is 6.92 Å². The molecule has 2 amide bonds. The lowest BCUT2D eigenvalue weighted by Gasteiger charge is -2.36. The van der Waals surface area contributed by atoms with Crippen molar-refractivity contribution < 1.29 is 14.4 Å². The zero-order valence-corrected chi connectivity index (χ0v) is 14.9. The largest absolute Gasteiger partial charge is 0.340 e. The van der Waals surface area contributed by atoms with Gasteiger partial charge in [0, 0.05) is 31.8 Å². The number of thiazole rings is 1. The van der Waals surface area contributed by atoms with Gasteiger partial charge in [0.25, 0.3) is 0 Å². The minimum Gasteiger partial charge on any atom is -0.340 e.